The first-order valence-electron chi connectivity index (χ1n) is 5.46. The summed E-state index contributed by atoms with van der Waals surface area (Å²) in [6.07, 6.45) is 0.982. The van der Waals surface area contributed by atoms with Crippen LogP contribution in [0, 0.1) is 0 Å². The Kier molecular flexibility index (Phi) is 3.85. The van der Waals surface area contributed by atoms with Crippen molar-refractivity contribution in [1.82, 2.24) is 9.55 Å². The number of fused-ring (bicyclic) bond motifs is 1. The average molecular weight is 347 g/mol. The molecule has 0 spiro atoms. The quantitative estimate of drug-likeness (QED) is 0.797. The highest BCUT2D eigenvalue weighted by atomic mass is 79.9. The fourth-order valence-corrected chi connectivity index (χ4v) is 2.03. The van der Waals surface area contributed by atoms with E-state index in [1.807, 2.05) is 0 Å². The molecule has 8 heteroatoms. The van der Waals surface area contributed by atoms with Crippen LogP contribution in [0.5, 0.6) is 0 Å². The minimum atomic E-state index is -3.79. The number of aromatic nitrogens is 2. The lowest BCUT2D eigenvalue weighted by molar-refractivity contribution is -0.170. The first kappa shape index (κ1) is 14.6. The van der Waals surface area contributed by atoms with Crippen LogP contribution in [0.4, 0.5) is 8.78 Å². The van der Waals surface area contributed by atoms with E-state index in [-0.39, 0.29) is 5.39 Å². The predicted molar refractivity (Wildman–Crippen MR) is 70.7 cm³/mol. The van der Waals surface area contributed by atoms with Gasteiger partial charge in [-0.05, 0) is 18.2 Å². The van der Waals surface area contributed by atoms with Crippen LogP contribution in [-0.4, -0.2) is 28.6 Å². The largest absolute Gasteiger partial charge is 0.465 e. The summed E-state index contributed by atoms with van der Waals surface area (Å²) < 4.78 is 32.3. The molecule has 20 heavy (non-hydrogen) atoms. The van der Waals surface area contributed by atoms with Gasteiger partial charge in [-0.2, -0.15) is 8.78 Å². The van der Waals surface area contributed by atoms with Gasteiger partial charge in [-0.25, -0.2) is 9.78 Å². The Morgan fingerprint density at radius 2 is 2.20 bits per heavy atom. The summed E-state index contributed by atoms with van der Waals surface area (Å²) in [5.74, 6) is -5.49. The smallest absolute Gasteiger partial charge is 0.378 e. The molecule has 106 valence electrons. The van der Waals surface area contributed by atoms with Gasteiger partial charge < -0.3 is 4.74 Å². The Bertz CT molecular complexity index is 730. The fraction of sp³-hybridized carbons (Fsp3) is 0.250. The van der Waals surface area contributed by atoms with E-state index in [0.717, 1.165) is 13.4 Å². The highest BCUT2D eigenvalue weighted by Crippen LogP contribution is 2.19. The fourth-order valence-electron chi connectivity index (χ4n) is 1.67. The molecule has 2 rings (SSSR count). The molecular formula is C12H9BrF2N2O3. The second-order valence-electron chi connectivity index (χ2n) is 4.04. The van der Waals surface area contributed by atoms with Gasteiger partial charge in [0.25, 0.3) is 5.56 Å². The maximum atomic E-state index is 13.5. The van der Waals surface area contributed by atoms with E-state index in [1.165, 1.54) is 6.07 Å². The van der Waals surface area contributed by atoms with E-state index in [2.05, 4.69) is 25.7 Å². The first-order valence-corrected chi connectivity index (χ1v) is 6.25. The molecule has 1 aromatic heterocycles. The van der Waals surface area contributed by atoms with Crippen molar-refractivity contribution < 1.29 is 18.3 Å². The van der Waals surface area contributed by atoms with Gasteiger partial charge in [0, 0.05) is 4.47 Å². The van der Waals surface area contributed by atoms with Crippen molar-refractivity contribution in [3.63, 3.8) is 0 Å². The van der Waals surface area contributed by atoms with Crippen LogP contribution in [0.1, 0.15) is 0 Å². The van der Waals surface area contributed by atoms with Gasteiger partial charge >= 0.3 is 11.9 Å². The zero-order chi connectivity index (χ0) is 14.9. The van der Waals surface area contributed by atoms with E-state index in [1.54, 1.807) is 12.1 Å². The number of rotatable bonds is 3. The molecule has 0 aliphatic heterocycles. The standard InChI is InChI=1S/C12H9BrF2N2O3/c1-20-11(19)12(14,15)5-17-6-16-9-3-2-7(13)4-8(9)10(17)18/h2-4,6H,5H2,1H3. The molecule has 1 heterocycles. The van der Waals surface area contributed by atoms with Gasteiger partial charge in [-0.1, -0.05) is 15.9 Å². The predicted octanol–water partition coefficient (Wildman–Crippen LogP) is 1.97. The molecule has 0 N–H and O–H groups in total. The summed E-state index contributed by atoms with van der Waals surface area (Å²) in [6.45, 7) is -1.12. The molecule has 0 aliphatic carbocycles. The number of nitrogens with zero attached hydrogens (tertiary/aromatic N) is 2. The van der Waals surface area contributed by atoms with Crippen molar-refractivity contribution >= 4 is 32.8 Å². The van der Waals surface area contributed by atoms with Gasteiger partial charge in [-0.3, -0.25) is 9.36 Å². The van der Waals surface area contributed by atoms with Crippen LogP contribution in [0.15, 0.2) is 33.8 Å². The highest BCUT2D eigenvalue weighted by molar-refractivity contribution is 9.10. The number of ether oxygens (including phenoxy) is 1. The maximum Gasteiger partial charge on any atom is 0.378 e. The molecule has 0 bridgehead atoms. The number of esters is 1. The zero-order valence-electron chi connectivity index (χ0n) is 10.3. The normalized spacial score (nSPS) is 11.6. The average Bonchev–Trinajstić information content (AvgIpc) is 2.41. The van der Waals surface area contributed by atoms with Crippen molar-refractivity contribution in [2.75, 3.05) is 7.11 Å². The lowest BCUT2D eigenvalue weighted by Gasteiger charge is -2.15. The van der Waals surface area contributed by atoms with Crippen LogP contribution in [0.2, 0.25) is 0 Å². The third-order valence-electron chi connectivity index (χ3n) is 2.64. The van der Waals surface area contributed by atoms with Crippen LogP contribution >= 0.6 is 15.9 Å². The number of hydrogen-bond donors (Lipinski definition) is 0. The van der Waals surface area contributed by atoms with Crippen molar-refractivity contribution in [3.8, 4) is 0 Å². The molecule has 0 fully saturated rings. The van der Waals surface area contributed by atoms with Crippen molar-refractivity contribution in [3.05, 3.63) is 39.4 Å². The number of halogens is 3. The van der Waals surface area contributed by atoms with E-state index in [0.29, 0.717) is 14.6 Å². The van der Waals surface area contributed by atoms with E-state index in [4.69, 9.17) is 0 Å². The summed E-state index contributed by atoms with van der Waals surface area (Å²) in [4.78, 5) is 26.9. The lowest BCUT2D eigenvalue weighted by Crippen LogP contribution is -2.38. The van der Waals surface area contributed by atoms with Crippen molar-refractivity contribution in [1.29, 1.82) is 0 Å². The molecule has 0 radical (unpaired) electrons. The monoisotopic (exact) mass is 346 g/mol. The molecule has 5 nitrogen and oxygen atoms in total. The van der Waals surface area contributed by atoms with Crippen molar-refractivity contribution in [2.24, 2.45) is 0 Å². The third kappa shape index (κ3) is 2.69. The zero-order valence-corrected chi connectivity index (χ0v) is 11.9. The maximum absolute atomic E-state index is 13.5. The topological polar surface area (TPSA) is 61.2 Å². The summed E-state index contributed by atoms with van der Waals surface area (Å²) in [6, 6.07) is 4.75. The molecule has 1 aromatic carbocycles. The highest BCUT2D eigenvalue weighted by Gasteiger charge is 2.41. The molecule has 0 saturated carbocycles. The van der Waals surface area contributed by atoms with Gasteiger partial charge in [0.05, 0.1) is 24.3 Å². The van der Waals surface area contributed by atoms with Gasteiger partial charge in [0.1, 0.15) is 6.54 Å². The number of carbonyl (C=O) groups is 1. The SMILES string of the molecule is COC(=O)C(F)(F)Cn1cnc2ccc(Br)cc2c1=O. The summed E-state index contributed by atoms with van der Waals surface area (Å²) in [7, 11) is 0.856. The Balaban J connectivity index is 2.49. The van der Waals surface area contributed by atoms with Crippen molar-refractivity contribution in [2.45, 2.75) is 12.5 Å². The van der Waals surface area contributed by atoms with Gasteiger partial charge in [0.2, 0.25) is 0 Å². The minimum absolute atomic E-state index is 0.183. The lowest BCUT2D eigenvalue weighted by atomic mass is 10.2. The molecule has 0 amide bonds. The Hall–Kier alpha value is -1.83. The van der Waals surface area contributed by atoms with Crippen LogP contribution in [0.25, 0.3) is 10.9 Å². The van der Waals surface area contributed by atoms with Crippen LogP contribution < -0.4 is 5.56 Å². The molecule has 2 aromatic rings. The minimum Gasteiger partial charge on any atom is -0.465 e. The number of alkyl halides is 2. The van der Waals surface area contributed by atoms with Gasteiger partial charge in [-0.15, -0.1) is 0 Å². The van der Waals surface area contributed by atoms with E-state index >= 15 is 0 Å². The number of methoxy groups -OCH3 is 1. The van der Waals surface area contributed by atoms with E-state index < -0.39 is 24.0 Å². The molecule has 0 aliphatic rings. The number of benzene rings is 1. The molecule has 0 atom stereocenters. The van der Waals surface area contributed by atoms with Crippen LogP contribution in [0.3, 0.4) is 0 Å². The third-order valence-corrected chi connectivity index (χ3v) is 3.13. The van der Waals surface area contributed by atoms with Crippen LogP contribution in [-0.2, 0) is 16.1 Å². The molecule has 0 unspecified atom stereocenters. The Morgan fingerprint density at radius 1 is 1.50 bits per heavy atom. The number of hydrogen-bond acceptors (Lipinski definition) is 4. The molecule has 0 saturated heterocycles. The summed E-state index contributed by atoms with van der Waals surface area (Å²) in [5.41, 5.74) is -0.268. The summed E-state index contributed by atoms with van der Waals surface area (Å²) in [5, 5.41) is 0.183. The first-order chi connectivity index (χ1) is 9.35. The van der Waals surface area contributed by atoms with E-state index in [9.17, 15) is 18.4 Å². The molecular weight excluding hydrogens is 338 g/mol. The summed E-state index contributed by atoms with van der Waals surface area (Å²) >= 11 is 3.19. The second kappa shape index (κ2) is 5.28. The Morgan fingerprint density at radius 3 is 2.85 bits per heavy atom. The Labute approximate surface area is 120 Å². The second-order valence-corrected chi connectivity index (χ2v) is 4.95. The number of carbonyl (C=O) groups excluding carboxylic acids is 1. The van der Waals surface area contributed by atoms with Gasteiger partial charge in [0.15, 0.2) is 0 Å².